The summed E-state index contributed by atoms with van der Waals surface area (Å²) in [5.41, 5.74) is 2.82. The quantitative estimate of drug-likeness (QED) is 0.455. The Labute approximate surface area is 184 Å². The number of nitrogens with one attached hydrogen (secondary N) is 3. The molecule has 0 amide bonds. The van der Waals surface area contributed by atoms with Crippen LogP contribution in [0.2, 0.25) is 0 Å². The number of hydrogen-bond acceptors (Lipinski definition) is 3. The summed E-state index contributed by atoms with van der Waals surface area (Å²) in [6.07, 6.45) is 10.6. The van der Waals surface area contributed by atoms with Crippen molar-refractivity contribution in [1.82, 2.24) is 16.0 Å². The predicted molar refractivity (Wildman–Crippen MR) is 129 cm³/mol. The summed E-state index contributed by atoms with van der Waals surface area (Å²) >= 11 is 0. The third-order valence-corrected chi connectivity index (χ3v) is 6.46. The summed E-state index contributed by atoms with van der Waals surface area (Å²) < 4.78 is 0. The van der Waals surface area contributed by atoms with Crippen LogP contribution >= 0.6 is 0 Å². The summed E-state index contributed by atoms with van der Waals surface area (Å²) in [6, 6.07) is 22.7. The molecule has 0 aliphatic heterocycles. The largest absolute Gasteiger partial charge is 0.318 e. The van der Waals surface area contributed by atoms with Gasteiger partial charge in [-0.3, -0.25) is 0 Å². The lowest BCUT2D eigenvalue weighted by atomic mass is 9.84. The van der Waals surface area contributed by atoms with E-state index >= 15 is 0 Å². The highest BCUT2D eigenvalue weighted by atomic mass is 15.0. The average Bonchev–Trinajstić information content (AvgIpc) is 2.79. The number of hydrogen-bond donors (Lipinski definition) is 3. The van der Waals surface area contributed by atoms with Crippen LogP contribution in [0, 0.1) is 5.92 Å². The van der Waals surface area contributed by atoms with E-state index in [0.717, 1.165) is 38.4 Å². The van der Waals surface area contributed by atoms with E-state index in [1.165, 1.54) is 49.7 Å². The van der Waals surface area contributed by atoms with Gasteiger partial charge in [0.15, 0.2) is 0 Å². The van der Waals surface area contributed by atoms with Crippen LogP contribution in [0.4, 0.5) is 0 Å². The van der Waals surface area contributed by atoms with Crippen molar-refractivity contribution < 1.29 is 0 Å². The normalized spacial score (nSPS) is 17.0. The van der Waals surface area contributed by atoms with Gasteiger partial charge in [0.05, 0.1) is 0 Å². The Bertz CT molecular complexity index is 667. The van der Waals surface area contributed by atoms with Gasteiger partial charge in [-0.25, -0.2) is 0 Å². The molecule has 0 saturated heterocycles. The van der Waals surface area contributed by atoms with E-state index in [1.807, 2.05) is 0 Å². The zero-order chi connectivity index (χ0) is 20.9. The van der Waals surface area contributed by atoms with Crippen molar-refractivity contribution in [2.24, 2.45) is 5.92 Å². The van der Waals surface area contributed by atoms with E-state index in [1.54, 1.807) is 0 Å². The topological polar surface area (TPSA) is 36.1 Å². The van der Waals surface area contributed by atoms with Crippen molar-refractivity contribution in [3.8, 4) is 0 Å². The lowest BCUT2D eigenvalue weighted by Crippen LogP contribution is -2.47. The SMILES string of the molecule is CNCC(CC1CCCCC1)NC[C@H](Cc1ccccc1)NCCc1ccccc1. The van der Waals surface area contributed by atoms with Crippen LogP contribution in [0.25, 0.3) is 0 Å². The van der Waals surface area contributed by atoms with Gasteiger partial charge in [0, 0.05) is 25.2 Å². The third-order valence-electron chi connectivity index (χ3n) is 6.46. The van der Waals surface area contributed by atoms with E-state index in [9.17, 15) is 0 Å². The molecule has 0 bridgehead atoms. The molecule has 2 atom stereocenters. The molecule has 0 radical (unpaired) electrons. The molecule has 1 aliphatic carbocycles. The molecular weight excluding hydrogens is 366 g/mol. The van der Waals surface area contributed by atoms with Gasteiger partial charge in [-0.2, -0.15) is 0 Å². The number of benzene rings is 2. The molecule has 1 saturated carbocycles. The van der Waals surface area contributed by atoms with Crippen molar-refractivity contribution in [2.45, 2.75) is 63.5 Å². The fraction of sp³-hybridized carbons (Fsp3) is 0.556. The van der Waals surface area contributed by atoms with Crippen molar-refractivity contribution in [1.29, 1.82) is 0 Å². The van der Waals surface area contributed by atoms with Crippen LogP contribution in [0.3, 0.4) is 0 Å². The first-order valence-electron chi connectivity index (χ1n) is 12.0. The molecule has 3 nitrogen and oxygen atoms in total. The van der Waals surface area contributed by atoms with Gasteiger partial charge in [-0.1, -0.05) is 92.8 Å². The summed E-state index contributed by atoms with van der Waals surface area (Å²) in [5, 5.41) is 11.2. The van der Waals surface area contributed by atoms with E-state index < -0.39 is 0 Å². The molecule has 2 aromatic carbocycles. The minimum atomic E-state index is 0.446. The highest BCUT2D eigenvalue weighted by Crippen LogP contribution is 2.27. The van der Waals surface area contributed by atoms with Crippen molar-refractivity contribution in [2.75, 3.05) is 26.7 Å². The molecule has 0 heterocycles. The van der Waals surface area contributed by atoms with Crippen molar-refractivity contribution in [3.63, 3.8) is 0 Å². The molecule has 164 valence electrons. The summed E-state index contributed by atoms with van der Waals surface area (Å²) in [6.45, 7) is 3.09. The molecule has 3 heteroatoms. The molecule has 0 aromatic heterocycles. The monoisotopic (exact) mass is 407 g/mol. The van der Waals surface area contributed by atoms with Gasteiger partial charge in [0.1, 0.15) is 0 Å². The Balaban J connectivity index is 1.52. The molecule has 3 N–H and O–H groups in total. The Morgan fingerprint density at radius 2 is 1.43 bits per heavy atom. The predicted octanol–water partition coefficient (Wildman–Crippen LogP) is 4.58. The van der Waals surface area contributed by atoms with Gasteiger partial charge in [0.25, 0.3) is 0 Å². The minimum Gasteiger partial charge on any atom is -0.318 e. The molecule has 1 aliphatic rings. The smallest absolute Gasteiger partial charge is 0.0233 e. The van der Waals surface area contributed by atoms with Crippen LogP contribution in [0.5, 0.6) is 0 Å². The van der Waals surface area contributed by atoms with Gasteiger partial charge in [-0.05, 0) is 49.9 Å². The van der Waals surface area contributed by atoms with Crippen LogP contribution in [-0.4, -0.2) is 38.8 Å². The van der Waals surface area contributed by atoms with Gasteiger partial charge in [-0.15, -0.1) is 0 Å². The molecule has 1 unspecified atom stereocenters. The van der Waals surface area contributed by atoms with Crippen LogP contribution < -0.4 is 16.0 Å². The van der Waals surface area contributed by atoms with E-state index in [4.69, 9.17) is 0 Å². The van der Waals surface area contributed by atoms with E-state index in [2.05, 4.69) is 83.7 Å². The van der Waals surface area contributed by atoms with E-state index in [-0.39, 0.29) is 0 Å². The molecule has 30 heavy (non-hydrogen) atoms. The van der Waals surface area contributed by atoms with Gasteiger partial charge < -0.3 is 16.0 Å². The molecule has 2 aromatic rings. The zero-order valence-corrected chi connectivity index (χ0v) is 18.8. The Morgan fingerprint density at radius 3 is 2.10 bits per heavy atom. The third kappa shape index (κ3) is 8.59. The van der Waals surface area contributed by atoms with E-state index in [0.29, 0.717) is 12.1 Å². The lowest BCUT2D eigenvalue weighted by molar-refractivity contribution is 0.289. The molecular formula is C27H41N3. The summed E-state index contributed by atoms with van der Waals surface area (Å²) in [7, 11) is 2.08. The fourth-order valence-corrected chi connectivity index (χ4v) is 4.80. The number of rotatable bonds is 13. The Morgan fingerprint density at radius 1 is 0.767 bits per heavy atom. The second kappa shape index (κ2) is 13.6. The second-order valence-electron chi connectivity index (χ2n) is 8.98. The summed E-state index contributed by atoms with van der Waals surface area (Å²) in [5.74, 6) is 0.906. The van der Waals surface area contributed by atoms with Gasteiger partial charge in [0.2, 0.25) is 0 Å². The molecule has 0 spiro atoms. The van der Waals surface area contributed by atoms with Crippen LogP contribution in [-0.2, 0) is 12.8 Å². The van der Waals surface area contributed by atoms with Gasteiger partial charge >= 0.3 is 0 Å². The number of likely N-dealkylation sites (N-methyl/N-ethyl adjacent to an activating group) is 1. The van der Waals surface area contributed by atoms with Crippen molar-refractivity contribution >= 4 is 0 Å². The molecule has 1 fully saturated rings. The maximum absolute atomic E-state index is 3.91. The lowest BCUT2D eigenvalue weighted by Gasteiger charge is -2.29. The maximum Gasteiger partial charge on any atom is 0.0233 e. The summed E-state index contributed by atoms with van der Waals surface area (Å²) in [4.78, 5) is 0. The molecule has 3 rings (SSSR count). The first-order valence-corrected chi connectivity index (χ1v) is 12.0. The van der Waals surface area contributed by atoms with Crippen LogP contribution in [0.1, 0.15) is 49.7 Å². The second-order valence-corrected chi connectivity index (χ2v) is 8.98. The van der Waals surface area contributed by atoms with Crippen LogP contribution in [0.15, 0.2) is 60.7 Å². The highest BCUT2D eigenvalue weighted by molar-refractivity contribution is 5.17. The Hall–Kier alpha value is -1.68. The highest BCUT2D eigenvalue weighted by Gasteiger charge is 2.19. The zero-order valence-electron chi connectivity index (χ0n) is 18.8. The average molecular weight is 408 g/mol. The maximum atomic E-state index is 3.91. The fourth-order valence-electron chi connectivity index (χ4n) is 4.80. The standard InChI is InChI=1S/C27H41N3/c1-28-21-26(19-24-13-7-3-8-14-24)30-22-27(20-25-15-9-4-10-16-25)29-18-17-23-11-5-2-6-12-23/h2,4-6,9-12,15-16,24,26-30H,3,7-8,13-14,17-22H2,1H3/t26?,27-/m0/s1. The first kappa shape index (κ1) is 23.0. The van der Waals surface area contributed by atoms with Crippen molar-refractivity contribution in [3.05, 3.63) is 71.8 Å². The Kier molecular flexibility index (Phi) is 10.4. The first-order chi connectivity index (χ1) is 14.8. The minimum absolute atomic E-state index is 0.446.